The molecule has 0 atom stereocenters. The minimum atomic E-state index is -0.611. The van der Waals surface area contributed by atoms with E-state index in [2.05, 4.69) is 15.5 Å². The van der Waals surface area contributed by atoms with Gasteiger partial charge in [-0.05, 0) is 19.9 Å². The van der Waals surface area contributed by atoms with Gasteiger partial charge in [0, 0.05) is 19.3 Å². The van der Waals surface area contributed by atoms with Gasteiger partial charge in [-0.25, -0.2) is 0 Å². The molecule has 0 radical (unpaired) electrons. The summed E-state index contributed by atoms with van der Waals surface area (Å²) in [4.78, 5) is 22.5. The molecule has 2 aromatic rings. The van der Waals surface area contributed by atoms with Crippen LogP contribution in [0.5, 0.6) is 0 Å². The molecule has 0 fully saturated rings. The van der Waals surface area contributed by atoms with Crippen molar-refractivity contribution in [1.82, 2.24) is 24.9 Å². The van der Waals surface area contributed by atoms with Gasteiger partial charge in [-0.15, -0.1) is 0 Å². The number of amides is 1. The lowest BCUT2D eigenvalue weighted by Crippen LogP contribution is -2.26. The lowest BCUT2D eigenvalue weighted by molar-refractivity contribution is -0.385. The first kappa shape index (κ1) is 14.7. The molecular formula is C12H16N6O3. The summed E-state index contributed by atoms with van der Waals surface area (Å²) in [5, 5.41) is 21.6. The van der Waals surface area contributed by atoms with Crippen molar-refractivity contribution in [3.05, 3.63) is 40.0 Å². The number of carbonyl (C=O) groups is 1. The molecule has 0 unspecified atom stereocenters. The van der Waals surface area contributed by atoms with Crippen molar-refractivity contribution in [3.8, 4) is 0 Å². The Labute approximate surface area is 120 Å². The Morgan fingerprint density at radius 3 is 2.76 bits per heavy atom. The predicted molar refractivity (Wildman–Crippen MR) is 73.6 cm³/mol. The monoisotopic (exact) mass is 292 g/mol. The molecule has 112 valence electrons. The molecule has 0 aromatic carbocycles. The SMILES string of the molecule is CCn1ccc(CNC(=O)c2c([N+](=O)[O-])cnn2CC)n1. The van der Waals surface area contributed by atoms with Crippen molar-refractivity contribution in [3.63, 3.8) is 0 Å². The van der Waals surface area contributed by atoms with Crippen LogP contribution in [0.1, 0.15) is 30.0 Å². The zero-order chi connectivity index (χ0) is 15.4. The fraction of sp³-hybridized carbons (Fsp3) is 0.417. The zero-order valence-electron chi connectivity index (χ0n) is 11.8. The van der Waals surface area contributed by atoms with Crippen molar-refractivity contribution < 1.29 is 9.72 Å². The molecule has 1 amide bonds. The van der Waals surface area contributed by atoms with E-state index in [0.29, 0.717) is 12.2 Å². The fourth-order valence-electron chi connectivity index (χ4n) is 1.91. The normalized spacial score (nSPS) is 10.6. The highest BCUT2D eigenvalue weighted by Crippen LogP contribution is 2.17. The maximum atomic E-state index is 12.1. The summed E-state index contributed by atoms with van der Waals surface area (Å²) in [5.41, 5.74) is 0.348. The van der Waals surface area contributed by atoms with Crippen LogP contribution in [0.3, 0.4) is 0 Å². The number of aryl methyl sites for hydroxylation is 2. The maximum absolute atomic E-state index is 12.1. The quantitative estimate of drug-likeness (QED) is 0.630. The summed E-state index contributed by atoms with van der Waals surface area (Å²) in [6, 6.07) is 1.79. The minimum absolute atomic E-state index is 0.0441. The van der Waals surface area contributed by atoms with Gasteiger partial charge in [-0.1, -0.05) is 0 Å². The van der Waals surface area contributed by atoms with Gasteiger partial charge in [-0.3, -0.25) is 24.3 Å². The van der Waals surface area contributed by atoms with Gasteiger partial charge >= 0.3 is 5.69 Å². The molecule has 0 saturated heterocycles. The first-order chi connectivity index (χ1) is 10.1. The van der Waals surface area contributed by atoms with Crippen molar-refractivity contribution in [1.29, 1.82) is 0 Å². The highest BCUT2D eigenvalue weighted by molar-refractivity contribution is 5.96. The standard InChI is InChI=1S/C12H16N6O3/c1-3-16-6-5-9(15-16)7-13-12(19)11-10(18(20)21)8-14-17(11)4-2/h5-6,8H,3-4,7H2,1-2H3,(H,13,19). The van der Waals surface area contributed by atoms with Crippen molar-refractivity contribution in [2.24, 2.45) is 0 Å². The molecule has 21 heavy (non-hydrogen) atoms. The van der Waals surface area contributed by atoms with Gasteiger partial charge in [0.25, 0.3) is 5.91 Å². The van der Waals surface area contributed by atoms with Crippen molar-refractivity contribution in [2.45, 2.75) is 33.5 Å². The number of aromatic nitrogens is 4. The van der Waals surface area contributed by atoms with E-state index in [4.69, 9.17) is 0 Å². The smallest absolute Gasteiger partial charge is 0.320 e. The third-order valence-corrected chi connectivity index (χ3v) is 2.98. The highest BCUT2D eigenvalue weighted by Gasteiger charge is 2.26. The van der Waals surface area contributed by atoms with Gasteiger partial charge in [0.1, 0.15) is 6.20 Å². The summed E-state index contributed by atoms with van der Waals surface area (Å²) < 4.78 is 3.04. The molecule has 0 aliphatic heterocycles. The Morgan fingerprint density at radius 2 is 2.19 bits per heavy atom. The molecule has 0 bridgehead atoms. The predicted octanol–water partition coefficient (Wildman–Crippen LogP) is 0.958. The Kier molecular flexibility index (Phi) is 4.31. The minimum Gasteiger partial charge on any atom is -0.345 e. The van der Waals surface area contributed by atoms with Gasteiger partial charge in [0.05, 0.1) is 17.2 Å². The van der Waals surface area contributed by atoms with Gasteiger partial charge in [-0.2, -0.15) is 10.2 Å². The van der Waals surface area contributed by atoms with Gasteiger partial charge in [0.15, 0.2) is 0 Å². The first-order valence-corrected chi connectivity index (χ1v) is 6.57. The molecule has 9 heteroatoms. The number of hydrogen-bond acceptors (Lipinski definition) is 5. The van der Waals surface area contributed by atoms with Crippen LogP contribution in [0.2, 0.25) is 0 Å². The van der Waals surface area contributed by atoms with Gasteiger partial charge in [0.2, 0.25) is 5.69 Å². The van der Waals surface area contributed by atoms with Crippen LogP contribution in [0.15, 0.2) is 18.5 Å². The molecule has 0 spiro atoms. The molecule has 0 aliphatic rings. The number of hydrogen-bond donors (Lipinski definition) is 1. The average molecular weight is 292 g/mol. The lowest BCUT2D eigenvalue weighted by atomic mass is 10.3. The molecule has 0 aliphatic carbocycles. The van der Waals surface area contributed by atoms with E-state index >= 15 is 0 Å². The molecule has 2 heterocycles. The van der Waals surface area contributed by atoms with Gasteiger partial charge < -0.3 is 5.32 Å². The topological polar surface area (TPSA) is 108 Å². The number of nitrogens with one attached hydrogen (secondary N) is 1. The Bertz CT molecular complexity index is 660. The van der Waals surface area contributed by atoms with E-state index in [-0.39, 0.29) is 17.9 Å². The van der Waals surface area contributed by atoms with Crippen LogP contribution in [-0.2, 0) is 19.6 Å². The summed E-state index contributed by atoms with van der Waals surface area (Å²) in [7, 11) is 0. The van der Waals surface area contributed by atoms with Crippen LogP contribution in [0.4, 0.5) is 5.69 Å². The molecule has 2 rings (SSSR count). The second-order valence-corrected chi connectivity index (χ2v) is 4.30. The highest BCUT2D eigenvalue weighted by atomic mass is 16.6. The van der Waals surface area contributed by atoms with E-state index in [0.717, 1.165) is 12.7 Å². The molecule has 0 saturated carbocycles. The first-order valence-electron chi connectivity index (χ1n) is 6.57. The zero-order valence-corrected chi connectivity index (χ0v) is 11.8. The fourth-order valence-corrected chi connectivity index (χ4v) is 1.91. The third-order valence-electron chi connectivity index (χ3n) is 2.98. The molecule has 9 nitrogen and oxygen atoms in total. The molecule has 2 aromatic heterocycles. The molecule has 1 N–H and O–H groups in total. The van der Waals surface area contributed by atoms with Crippen molar-refractivity contribution in [2.75, 3.05) is 0 Å². The summed E-state index contributed by atoms with van der Waals surface area (Å²) in [5.74, 6) is -0.535. The number of nitro groups is 1. The van der Waals surface area contributed by atoms with Crippen LogP contribution in [0.25, 0.3) is 0 Å². The Morgan fingerprint density at radius 1 is 1.43 bits per heavy atom. The largest absolute Gasteiger partial charge is 0.345 e. The lowest BCUT2D eigenvalue weighted by Gasteiger charge is -2.05. The number of carbonyl (C=O) groups excluding carboxylic acids is 1. The third kappa shape index (κ3) is 3.07. The van der Waals surface area contributed by atoms with E-state index in [1.165, 1.54) is 4.68 Å². The number of rotatable bonds is 6. The maximum Gasteiger partial charge on any atom is 0.320 e. The van der Waals surface area contributed by atoms with Crippen LogP contribution in [0, 0.1) is 10.1 Å². The van der Waals surface area contributed by atoms with E-state index in [1.54, 1.807) is 23.9 Å². The molecular weight excluding hydrogens is 276 g/mol. The second kappa shape index (κ2) is 6.16. The Balaban J connectivity index is 2.12. The van der Waals surface area contributed by atoms with Crippen LogP contribution >= 0.6 is 0 Å². The number of nitrogens with zero attached hydrogens (tertiary/aromatic N) is 5. The van der Waals surface area contributed by atoms with Crippen molar-refractivity contribution >= 4 is 11.6 Å². The van der Waals surface area contributed by atoms with Crippen LogP contribution in [-0.4, -0.2) is 30.4 Å². The second-order valence-electron chi connectivity index (χ2n) is 4.30. The Hall–Kier alpha value is -2.71. The summed E-state index contributed by atoms with van der Waals surface area (Å²) in [6.45, 7) is 5.04. The van der Waals surface area contributed by atoms with Crippen LogP contribution < -0.4 is 5.32 Å². The van der Waals surface area contributed by atoms with E-state index < -0.39 is 10.8 Å². The average Bonchev–Trinajstić information content (AvgIpc) is 3.10. The van der Waals surface area contributed by atoms with E-state index in [1.807, 2.05) is 6.92 Å². The van der Waals surface area contributed by atoms with E-state index in [9.17, 15) is 14.9 Å². The summed E-state index contributed by atoms with van der Waals surface area (Å²) in [6.07, 6.45) is 2.89. The summed E-state index contributed by atoms with van der Waals surface area (Å²) >= 11 is 0.